The predicted molar refractivity (Wildman–Crippen MR) is 113 cm³/mol. The van der Waals surface area contributed by atoms with Crippen LogP contribution in [0.1, 0.15) is 58.1 Å². The maximum atomic E-state index is 12.1. The van der Waals surface area contributed by atoms with Crippen LogP contribution in [0, 0.1) is 28.1 Å². The molecule has 0 radical (unpaired) electrons. The second-order valence-corrected chi connectivity index (χ2v) is 10.0. The molecule has 2 fully saturated rings. The van der Waals surface area contributed by atoms with Gasteiger partial charge in [0, 0.05) is 16.4 Å². The minimum absolute atomic E-state index is 0.0690. The first-order valence-corrected chi connectivity index (χ1v) is 10.6. The number of rotatable bonds is 6. The van der Waals surface area contributed by atoms with Gasteiger partial charge in [-0.1, -0.05) is 52.8 Å². The maximum absolute atomic E-state index is 12.1. The van der Waals surface area contributed by atoms with Crippen LogP contribution in [0.5, 0.6) is 0 Å². The number of nitriles is 1. The van der Waals surface area contributed by atoms with Gasteiger partial charge in [0.15, 0.2) is 11.5 Å². The molecule has 0 bridgehead atoms. The van der Waals surface area contributed by atoms with Crippen LogP contribution in [0.3, 0.4) is 0 Å². The monoisotopic (exact) mass is 445 g/mol. The van der Waals surface area contributed by atoms with Gasteiger partial charge in [-0.15, -0.1) is 0 Å². The molecule has 3 unspecified atom stereocenters. The van der Waals surface area contributed by atoms with Crippen molar-refractivity contribution in [2.24, 2.45) is 16.7 Å². The summed E-state index contributed by atoms with van der Waals surface area (Å²) < 4.78 is 15.7. The second kappa shape index (κ2) is 8.14. The van der Waals surface area contributed by atoms with Gasteiger partial charge >= 0.3 is 11.9 Å². The quantitative estimate of drug-likeness (QED) is 0.372. The van der Waals surface area contributed by atoms with Crippen LogP contribution in [-0.2, 0) is 39.4 Å². The molecule has 2 saturated heterocycles. The van der Waals surface area contributed by atoms with E-state index in [4.69, 9.17) is 24.0 Å². The third-order valence-corrected chi connectivity index (χ3v) is 6.66. The molecule has 0 saturated carbocycles. The van der Waals surface area contributed by atoms with E-state index in [0.29, 0.717) is 12.2 Å². The van der Waals surface area contributed by atoms with Crippen molar-refractivity contribution in [3.8, 4) is 6.07 Å². The van der Waals surface area contributed by atoms with E-state index in [2.05, 4.69) is 40.7 Å². The van der Waals surface area contributed by atoms with Crippen molar-refractivity contribution in [1.29, 1.82) is 5.26 Å². The standard InChI is InChI=1S/C24H31NO7/c1-21(2,3)24-22(4,5)14-30-23(24,31-32-24)17-10-8-9-15(11-17)16(13-25)12-18(19(26)28-6)20(27)29-7/h8-11,16,18H,12,14H2,1-7H3. The van der Waals surface area contributed by atoms with Crippen molar-refractivity contribution in [1.82, 2.24) is 0 Å². The average Bonchev–Trinajstić information content (AvgIpc) is 2.88. The Hall–Kier alpha value is -2.47. The number of esters is 2. The van der Waals surface area contributed by atoms with Crippen molar-refractivity contribution in [2.75, 3.05) is 20.8 Å². The van der Waals surface area contributed by atoms with Crippen LogP contribution in [0.15, 0.2) is 24.3 Å². The van der Waals surface area contributed by atoms with Crippen molar-refractivity contribution < 1.29 is 33.6 Å². The Morgan fingerprint density at radius 3 is 2.25 bits per heavy atom. The molecule has 0 aliphatic carbocycles. The van der Waals surface area contributed by atoms with E-state index in [-0.39, 0.29) is 17.3 Å². The summed E-state index contributed by atoms with van der Waals surface area (Å²) in [5.41, 5.74) is -0.0708. The summed E-state index contributed by atoms with van der Waals surface area (Å²) >= 11 is 0. The Kier molecular flexibility index (Phi) is 6.15. The molecule has 3 atom stereocenters. The fraction of sp³-hybridized carbons (Fsp3) is 0.625. The summed E-state index contributed by atoms with van der Waals surface area (Å²) in [4.78, 5) is 35.8. The molecule has 0 aromatic heterocycles. The third kappa shape index (κ3) is 3.31. The number of fused-ring (bicyclic) bond motifs is 1. The van der Waals surface area contributed by atoms with Gasteiger partial charge in [-0.05, 0) is 18.1 Å². The van der Waals surface area contributed by atoms with Gasteiger partial charge in [0.1, 0.15) is 0 Å². The van der Waals surface area contributed by atoms with Crippen LogP contribution in [0.25, 0.3) is 0 Å². The Morgan fingerprint density at radius 1 is 1.16 bits per heavy atom. The zero-order valence-electron chi connectivity index (χ0n) is 19.7. The first-order valence-electron chi connectivity index (χ1n) is 10.6. The van der Waals surface area contributed by atoms with Crippen LogP contribution in [0.4, 0.5) is 0 Å². The lowest BCUT2D eigenvalue weighted by Crippen LogP contribution is -2.73. The van der Waals surface area contributed by atoms with Gasteiger partial charge < -0.3 is 14.2 Å². The Bertz CT molecular complexity index is 928. The first-order chi connectivity index (χ1) is 14.9. The van der Waals surface area contributed by atoms with Gasteiger partial charge in [-0.2, -0.15) is 10.1 Å². The van der Waals surface area contributed by atoms with Crippen LogP contribution in [-0.4, -0.2) is 38.4 Å². The molecule has 0 spiro atoms. The molecule has 8 heteroatoms. The minimum atomic E-state index is -1.20. The molecular formula is C24H31NO7. The van der Waals surface area contributed by atoms with Crippen molar-refractivity contribution in [3.05, 3.63) is 35.4 Å². The molecule has 2 heterocycles. The number of carbonyl (C=O) groups is 2. The molecule has 3 rings (SSSR count). The number of benzene rings is 1. The zero-order valence-corrected chi connectivity index (χ0v) is 19.7. The lowest BCUT2D eigenvalue weighted by Gasteiger charge is -2.61. The molecule has 8 nitrogen and oxygen atoms in total. The highest BCUT2D eigenvalue weighted by Crippen LogP contribution is 2.69. The summed E-state index contributed by atoms with van der Waals surface area (Å²) in [6, 6.07) is 9.47. The summed E-state index contributed by atoms with van der Waals surface area (Å²) in [6.07, 6.45) is -0.0690. The van der Waals surface area contributed by atoms with Crippen molar-refractivity contribution in [3.63, 3.8) is 0 Å². The van der Waals surface area contributed by atoms with Gasteiger partial charge in [0.25, 0.3) is 5.79 Å². The molecular weight excluding hydrogens is 414 g/mol. The van der Waals surface area contributed by atoms with E-state index >= 15 is 0 Å². The average molecular weight is 446 g/mol. The SMILES string of the molecule is COC(=O)C(CC(C#N)c1cccc(C23OCC(C)(C)C2(C(C)(C)C)OO3)c1)C(=O)OC. The number of hydrogen-bond acceptors (Lipinski definition) is 8. The number of nitrogens with zero attached hydrogens (tertiary/aromatic N) is 1. The fourth-order valence-corrected chi connectivity index (χ4v) is 5.27. The van der Waals surface area contributed by atoms with Gasteiger partial charge in [-0.3, -0.25) is 9.59 Å². The molecule has 2 aliphatic heterocycles. The van der Waals surface area contributed by atoms with E-state index in [0.717, 1.165) is 5.56 Å². The van der Waals surface area contributed by atoms with E-state index in [1.807, 2.05) is 12.1 Å². The summed E-state index contributed by atoms with van der Waals surface area (Å²) in [5.74, 6) is -4.57. The highest BCUT2D eigenvalue weighted by molar-refractivity contribution is 5.94. The Labute approximate surface area is 188 Å². The number of hydrogen-bond donors (Lipinski definition) is 0. The maximum Gasteiger partial charge on any atom is 0.320 e. The van der Waals surface area contributed by atoms with E-state index < -0.39 is 35.2 Å². The second-order valence-electron chi connectivity index (χ2n) is 10.0. The molecule has 32 heavy (non-hydrogen) atoms. The lowest BCUT2D eigenvalue weighted by atomic mass is 9.57. The Morgan fingerprint density at radius 2 is 1.78 bits per heavy atom. The number of carbonyl (C=O) groups excluding carboxylic acids is 2. The first kappa shape index (κ1) is 24.2. The van der Waals surface area contributed by atoms with Gasteiger partial charge in [0.05, 0.1) is 32.8 Å². The van der Waals surface area contributed by atoms with E-state index in [1.54, 1.807) is 12.1 Å². The summed E-state index contributed by atoms with van der Waals surface area (Å²) in [5, 5.41) is 9.85. The normalized spacial score (nSPS) is 27.1. The van der Waals surface area contributed by atoms with Crippen LogP contribution >= 0.6 is 0 Å². The number of methoxy groups -OCH3 is 2. The molecule has 0 N–H and O–H groups in total. The lowest BCUT2D eigenvalue weighted by molar-refractivity contribution is -0.626. The van der Waals surface area contributed by atoms with Gasteiger partial charge in [-0.25, -0.2) is 4.89 Å². The topological polar surface area (TPSA) is 104 Å². The van der Waals surface area contributed by atoms with Crippen LogP contribution < -0.4 is 0 Å². The molecule has 1 aromatic rings. The highest BCUT2D eigenvalue weighted by atomic mass is 17.3. The molecule has 0 amide bonds. The fourth-order valence-electron chi connectivity index (χ4n) is 5.27. The zero-order chi connectivity index (χ0) is 23.9. The van der Waals surface area contributed by atoms with Crippen molar-refractivity contribution in [2.45, 2.75) is 58.3 Å². The molecule has 174 valence electrons. The summed E-state index contributed by atoms with van der Waals surface area (Å²) in [7, 11) is 2.39. The minimum Gasteiger partial charge on any atom is -0.468 e. The van der Waals surface area contributed by atoms with Crippen LogP contribution in [0.2, 0.25) is 0 Å². The van der Waals surface area contributed by atoms with Crippen molar-refractivity contribution >= 4 is 11.9 Å². The molecule has 1 aromatic carbocycles. The molecule has 2 aliphatic rings. The largest absolute Gasteiger partial charge is 0.468 e. The summed E-state index contributed by atoms with van der Waals surface area (Å²) in [6.45, 7) is 10.9. The van der Waals surface area contributed by atoms with E-state index in [1.165, 1.54) is 14.2 Å². The third-order valence-electron chi connectivity index (χ3n) is 6.66. The Balaban J connectivity index is 2.00. The smallest absolute Gasteiger partial charge is 0.320 e. The predicted octanol–water partition coefficient (Wildman–Crippen LogP) is 3.60. The highest BCUT2D eigenvalue weighted by Gasteiger charge is 2.81. The number of ether oxygens (including phenoxy) is 3. The van der Waals surface area contributed by atoms with Gasteiger partial charge in [0.2, 0.25) is 0 Å². The van der Waals surface area contributed by atoms with E-state index in [9.17, 15) is 14.9 Å².